The van der Waals surface area contributed by atoms with E-state index in [2.05, 4.69) is 4.98 Å². The summed E-state index contributed by atoms with van der Waals surface area (Å²) in [6, 6.07) is 0.744. The van der Waals surface area contributed by atoms with Gasteiger partial charge < -0.3 is 0 Å². The Hall–Kier alpha value is -1.35. The second-order valence-electron chi connectivity index (χ2n) is 3.00. The summed E-state index contributed by atoms with van der Waals surface area (Å²) in [4.78, 5) is 12.7. The predicted molar refractivity (Wildman–Crippen MR) is 53.6 cm³/mol. The highest BCUT2D eigenvalue weighted by Gasteiger charge is 2.33. The van der Waals surface area contributed by atoms with Crippen molar-refractivity contribution in [1.29, 1.82) is 0 Å². The van der Waals surface area contributed by atoms with Gasteiger partial charge in [-0.2, -0.15) is 0 Å². The van der Waals surface area contributed by atoms with Crippen LogP contribution in [0, 0.1) is 17.0 Å². The van der Waals surface area contributed by atoms with Crippen molar-refractivity contribution < 1.29 is 22.1 Å². The number of nitro groups is 1. The fourth-order valence-corrected chi connectivity index (χ4v) is 2.18. The molecule has 0 aromatic carbocycles. The molecule has 0 amide bonds. The van der Waals surface area contributed by atoms with Crippen LogP contribution in [0.4, 0.5) is 14.5 Å². The Morgan fingerprint density at radius 1 is 1.53 bits per heavy atom. The zero-order valence-corrected chi connectivity index (χ0v) is 9.80. The average Bonchev–Trinajstić information content (AvgIpc) is 2.14. The van der Waals surface area contributed by atoms with Crippen molar-refractivity contribution in [2.24, 2.45) is 0 Å². The third-order valence-corrected chi connectivity index (χ3v) is 2.95. The van der Waals surface area contributed by atoms with Crippen LogP contribution in [-0.2, 0) is 9.05 Å². The Morgan fingerprint density at radius 2 is 2.06 bits per heavy atom. The maximum absolute atomic E-state index is 12.6. The molecule has 1 aromatic heterocycles. The SMILES string of the molecule is Cc1cc(C(F)F)c([N+](=O)[O-])c(S(=O)(=O)Cl)n1. The van der Waals surface area contributed by atoms with E-state index in [1.54, 1.807) is 0 Å². The Kier molecular flexibility index (Phi) is 3.62. The summed E-state index contributed by atoms with van der Waals surface area (Å²) in [5, 5.41) is 9.45. The van der Waals surface area contributed by atoms with E-state index >= 15 is 0 Å². The minimum absolute atomic E-state index is 0.106. The molecular weight excluding hydrogens is 282 g/mol. The van der Waals surface area contributed by atoms with Crippen LogP contribution >= 0.6 is 10.7 Å². The first-order valence-corrected chi connectivity index (χ1v) is 6.34. The standard InChI is InChI=1S/C7H5ClF2N2O4S/c1-3-2-4(6(9)10)5(12(13)14)7(11-3)17(8,15)16/h2,6H,1H3. The second kappa shape index (κ2) is 4.49. The molecule has 0 fully saturated rings. The lowest BCUT2D eigenvalue weighted by Crippen LogP contribution is -2.07. The molecule has 0 saturated heterocycles. The molecule has 1 heterocycles. The van der Waals surface area contributed by atoms with Gasteiger partial charge in [0.2, 0.25) is 5.03 Å². The van der Waals surface area contributed by atoms with E-state index in [4.69, 9.17) is 10.7 Å². The highest BCUT2D eigenvalue weighted by Crippen LogP contribution is 2.35. The van der Waals surface area contributed by atoms with Gasteiger partial charge in [0, 0.05) is 16.4 Å². The van der Waals surface area contributed by atoms with Crippen LogP contribution in [0.1, 0.15) is 17.7 Å². The molecular formula is C7H5ClF2N2O4S. The quantitative estimate of drug-likeness (QED) is 0.482. The first-order chi connectivity index (χ1) is 7.64. The van der Waals surface area contributed by atoms with E-state index in [0.717, 1.165) is 6.07 Å². The molecule has 0 bridgehead atoms. The van der Waals surface area contributed by atoms with Gasteiger partial charge in [0.05, 0.1) is 4.92 Å². The third kappa shape index (κ3) is 2.86. The highest BCUT2D eigenvalue weighted by molar-refractivity contribution is 8.13. The Bertz CT molecular complexity index is 575. The normalized spacial score (nSPS) is 11.8. The zero-order valence-electron chi connectivity index (χ0n) is 8.22. The van der Waals surface area contributed by atoms with Crippen molar-refractivity contribution in [3.8, 4) is 0 Å². The van der Waals surface area contributed by atoms with E-state index in [1.807, 2.05) is 0 Å². The first kappa shape index (κ1) is 13.7. The van der Waals surface area contributed by atoms with Crippen molar-refractivity contribution in [1.82, 2.24) is 4.98 Å². The van der Waals surface area contributed by atoms with Crippen molar-refractivity contribution >= 4 is 25.4 Å². The minimum Gasteiger partial charge on any atom is -0.258 e. The molecule has 0 unspecified atom stereocenters. The van der Waals surface area contributed by atoms with Crippen LogP contribution in [-0.4, -0.2) is 18.3 Å². The van der Waals surface area contributed by atoms with Crippen molar-refractivity contribution in [3.63, 3.8) is 0 Å². The second-order valence-corrected chi connectivity index (χ2v) is 5.48. The number of aryl methyl sites for hydroxylation is 1. The van der Waals surface area contributed by atoms with Crippen LogP contribution in [0.5, 0.6) is 0 Å². The van der Waals surface area contributed by atoms with Gasteiger partial charge in [-0.05, 0) is 13.0 Å². The largest absolute Gasteiger partial charge is 0.316 e. The van der Waals surface area contributed by atoms with E-state index in [0.29, 0.717) is 0 Å². The van der Waals surface area contributed by atoms with Gasteiger partial charge in [-0.3, -0.25) is 10.1 Å². The lowest BCUT2D eigenvalue weighted by Gasteiger charge is -2.05. The Labute approximate surface area is 98.8 Å². The summed E-state index contributed by atoms with van der Waals surface area (Å²) < 4.78 is 47.2. The summed E-state index contributed by atoms with van der Waals surface area (Å²) >= 11 is 0. The topological polar surface area (TPSA) is 90.2 Å². The predicted octanol–water partition coefficient (Wildman–Crippen LogP) is 2.16. The molecule has 10 heteroatoms. The maximum Gasteiger partial charge on any atom is 0.316 e. The highest BCUT2D eigenvalue weighted by atomic mass is 35.7. The number of rotatable bonds is 3. The fourth-order valence-electron chi connectivity index (χ4n) is 1.18. The fraction of sp³-hybridized carbons (Fsp3) is 0.286. The summed E-state index contributed by atoms with van der Waals surface area (Å²) in [5.74, 6) is 0. The maximum atomic E-state index is 12.6. The van der Waals surface area contributed by atoms with E-state index in [-0.39, 0.29) is 5.69 Å². The van der Waals surface area contributed by atoms with Gasteiger partial charge in [0.25, 0.3) is 15.5 Å². The molecule has 0 N–H and O–H groups in total. The van der Waals surface area contributed by atoms with Crippen LogP contribution in [0.3, 0.4) is 0 Å². The number of hydrogen-bond donors (Lipinski definition) is 0. The van der Waals surface area contributed by atoms with Gasteiger partial charge in [-0.1, -0.05) is 0 Å². The summed E-state index contributed by atoms with van der Waals surface area (Å²) in [6.45, 7) is 1.22. The molecule has 94 valence electrons. The van der Waals surface area contributed by atoms with E-state index < -0.39 is 36.7 Å². The summed E-state index contributed by atoms with van der Waals surface area (Å²) in [5.41, 5.74) is -2.42. The number of nitrogens with zero attached hydrogens (tertiary/aromatic N) is 2. The minimum atomic E-state index is -4.57. The van der Waals surface area contributed by atoms with Gasteiger partial charge in [-0.15, -0.1) is 0 Å². The van der Waals surface area contributed by atoms with Crippen LogP contribution in [0.25, 0.3) is 0 Å². The van der Waals surface area contributed by atoms with Crippen LogP contribution in [0.15, 0.2) is 11.1 Å². The Balaban J connectivity index is 3.77. The van der Waals surface area contributed by atoms with Crippen molar-refractivity contribution in [3.05, 3.63) is 27.4 Å². The van der Waals surface area contributed by atoms with Crippen LogP contribution < -0.4 is 0 Å². The van der Waals surface area contributed by atoms with E-state index in [9.17, 15) is 27.3 Å². The third-order valence-electron chi connectivity index (χ3n) is 1.77. The molecule has 0 radical (unpaired) electrons. The molecule has 0 aliphatic rings. The monoisotopic (exact) mass is 286 g/mol. The molecule has 0 aliphatic carbocycles. The molecule has 1 rings (SSSR count). The molecule has 1 aromatic rings. The van der Waals surface area contributed by atoms with Gasteiger partial charge in [-0.25, -0.2) is 22.2 Å². The van der Waals surface area contributed by atoms with Gasteiger partial charge in [0.15, 0.2) is 0 Å². The number of hydrogen-bond acceptors (Lipinski definition) is 5. The molecule has 0 saturated carbocycles. The molecule has 0 aliphatic heterocycles. The van der Waals surface area contributed by atoms with E-state index in [1.165, 1.54) is 6.92 Å². The average molecular weight is 287 g/mol. The van der Waals surface area contributed by atoms with Gasteiger partial charge in [0.1, 0.15) is 5.56 Å². The lowest BCUT2D eigenvalue weighted by atomic mass is 10.2. The zero-order chi connectivity index (χ0) is 13.4. The molecule has 0 atom stereocenters. The number of pyridine rings is 1. The number of alkyl halides is 2. The van der Waals surface area contributed by atoms with Crippen molar-refractivity contribution in [2.45, 2.75) is 18.4 Å². The smallest absolute Gasteiger partial charge is 0.258 e. The number of aromatic nitrogens is 1. The summed E-state index contributed by atoms with van der Waals surface area (Å²) in [6.07, 6.45) is -3.20. The molecule has 17 heavy (non-hydrogen) atoms. The molecule has 6 nitrogen and oxygen atoms in total. The van der Waals surface area contributed by atoms with Gasteiger partial charge >= 0.3 is 5.69 Å². The first-order valence-electron chi connectivity index (χ1n) is 4.03. The molecule has 0 spiro atoms. The summed E-state index contributed by atoms with van der Waals surface area (Å²) in [7, 11) is 0.346. The van der Waals surface area contributed by atoms with Crippen molar-refractivity contribution in [2.75, 3.05) is 0 Å². The lowest BCUT2D eigenvalue weighted by molar-refractivity contribution is -0.389. The van der Waals surface area contributed by atoms with Crippen LogP contribution in [0.2, 0.25) is 0 Å². The number of halogens is 3. The Morgan fingerprint density at radius 3 is 2.41 bits per heavy atom.